The summed E-state index contributed by atoms with van der Waals surface area (Å²) >= 11 is 18.7. The van der Waals surface area contributed by atoms with Crippen LogP contribution in [0.25, 0.3) is 0 Å². The molecule has 0 atom stereocenters. The highest BCUT2D eigenvalue weighted by Crippen LogP contribution is 2.36. The second-order valence-electron chi connectivity index (χ2n) is 3.57. The van der Waals surface area contributed by atoms with E-state index in [9.17, 15) is 0 Å². The monoisotopic (exact) mass is 409 g/mol. The topological polar surface area (TPSA) is 22.1 Å². The van der Waals surface area contributed by atoms with E-state index >= 15 is 0 Å². The Morgan fingerprint density at radius 2 is 1.83 bits per heavy atom. The van der Waals surface area contributed by atoms with Crippen LogP contribution in [0.15, 0.2) is 33.3 Å². The maximum atomic E-state index is 6.08. The normalized spacial score (nSPS) is 10.5. The lowest BCUT2D eigenvalue weighted by atomic mass is 10.3. The fourth-order valence-corrected chi connectivity index (χ4v) is 2.60. The number of rotatable bonds is 2. The number of halogens is 4. The van der Waals surface area contributed by atoms with E-state index < -0.39 is 0 Å². The van der Waals surface area contributed by atoms with Crippen LogP contribution >= 0.6 is 55.1 Å². The minimum absolute atomic E-state index is 0.468. The summed E-state index contributed by atoms with van der Waals surface area (Å²) in [5.41, 5.74) is 0.902. The first-order valence-electron chi connectivity index (χ1n) is 4.92. The van der Waals surface area contributed by atoms with Crippen molar-refractivity contribution >= 4 is 55.1 Å². The lowest BCUT2D eigenvalue weighted by molar-refractivity contribution is 0.459. The van der Waals surface area contributed by atoms with E-state index in [0.717, 1.165) is 14.5 Å². The second-order valence-corrected chi connectivity index (χ2v) is 6.16. The largest absolute Gasteiger partial charge is 0.437 e. The van der Waals surface area contributed by atoms with Crippen molar-refractivity contribution in [3.05, 3.63) is 49.0 Å². The average Bonchev–Trinajstić information content (AvgIpc) is 2.29. The van der Waals surface area contributed by atoms with E-state index in [4.69, 9.17) is 27.9 Å². The zero-order chi connectivity index (χ0) is 13.3. The third-order valence-corrected chi connectivity index (χ3v) is 4.10. The van der Waals surface area contributed by atoms with E-state index in [-0.39, 0.29) is 0 Å². The molecule has 2 aromatic rings. The predicted molar refractivity (Wildman–Crippen MR) is 80.9 cm³/mol. The van der Waals surface area contributed by atoms with Crippen LogP contribution in [0.3, 0.4) is 0 Å². The van der Waals surface area contributed by atoms with Crippen molar-refractivity contribution < 1.29 is 4.74 Å². The van der Waals surface area contributed by atoms with Crippen molar-refractivity contribution in [3.63, 3.8) is 0 Å². The highest BCUT2D eigenvalue weighted by atomic mass is 79.9. The van der Waals surface area contributed by atoms with Crippen molar-refractivity contribution in [1.29, 1.82) is 0 Å². The summed E-state index contributed by atoms with van der Waals surface area (Å²) in [6, 6.07) is 5.25. The highest BCUT2D eigenvalue weighted by molar-refractivity contribution is 9.10. The number of benzene rings is 1. The molecular formula is C12H7Br2Cl2NO. The molecule has 0 bridgehead atoms. The van der Waals surface area contributed by atoms with Gasteiger partial charge in [0, 0.05) is 26.8 Å². The van der Waals surface area contributed by atoms with Gasteiger partial charge in [0.1, 0.15) is 5.75 Å². The molecule has 1 aromatic carbocycles. The highest BCUT2D eigenvalue weighted by Gasteiger charge is 2.10. The van der Waals surface area contributed by atoms with E-state index in [1.807, 2.05) is 13.0 Å². The van der Waals surface area contributed by atoms with Crippen molar-refractivity contribution in [2.45, 2.75) is 6.92 Å². The first-order chi connectivity index (χ1) is 8.47. The molecule has 0 unspecified atom stereocenters. The van der Waals surface area contributed by atoms with Crippen molar-refractivity contribution in [2.75, 3.05) is 0 Å². The van der Waals surface area contributed by atoms with Gasteiger partial charge in [-0.2, -0.15) is 0 Å². The smallest absolute Gasteiger partial charge is 0.222 e. The molecule has 18 heavy (non-hydrogen) atoms. The minimum Gasteiger partial charge on any atom is -0.437 e. The van der Waals surface area contributed by atoms with Gasteiger partial charge in [-0.25, -0.2) is 4.98 Å². The summed E-state index contributed by atoms with van der Waals surface area (Å²) in [5.74, 6) is 0.973. The molecule has 0 aliphatic heterocycles. The summed E-state index contributed by atoms with van der Waals surface area (Å²) < 4.78 is 7.28. The number of aryl methyl sites for hydroxylation is 1. The van der Waals surface area contributed by atoms with Gasteiger partial charge < -0.3 is 4.74 Å². The fraction of sp³-hybridized carbons (Fsp3) is 0.0833. The van der Waals surface area contributed by atoms with Crippen LogP contribution in [0.4, 0.5) is 0 Å². The van der Waals surface area contributed by atoms with Gasteiger partial charge in [0.05, 0.1) is 10.0 Å². The number of aromatic nitrogens is 1. The summed E-state index contributed by atoms with van der Waals surface area (Å²) in [7, 11) is 0. The Morgan fingerprint density at radius 1 is 1.11 bits per heavy atom. The van der Waals surface area contributed by atoms with Gasteiger partial charge in [0.2, 0.25) is 5.88 Å². The molecule has 0 saturated heterocycles. The van der Waals surface area contributed by atoms with Gasteiger partial charge in [-0.05, 0) is 50.9 Å². The number of pyridine rings is 1. The maximum Gasteiger partial charge on any atom is 0.222 e. The fourth-order valence-electron chi connectivity index (χ4n) is 1.32. The quantitative estimate of drug-likeness (QED) is 0.564. The number of nitrogens with zero attached hydrogens (tertiary/aromatic N) is 1. The molecule has 0 N–H and O–H groups in total. The van der Waals surface area contributed by atoms with E-state index in [0.29, 0.717) is 21.7 Å². The molecule has 0 aliphatic rings. The zero-order valence-corrected chi connectivity index (χ0v) is 13.9. The van der Waals surface area contributed by atoms with E-state index in [1.165, 1.54) is 0 Å². The lowest BCUT2D eigenvalue weighted by Gasteiger charge is -2.10. The predicted octanol–water partition coefficient (Wildman–Crippen LogP) is 6.01. The number of hydrogen-bond donors (Lipinski definition) is 0. The van der Waals surface area contributed by atoms with Gasteiger partial charge in [-0.15, -0.1) is 0 Å². The molecule has 1 heterocycles. The van der Waals surface area contributed by atoms with Crippen molar-refractivity contribution in [1.82, 2.24) is 4.98 Å². The summed E-state index contributed by atoms with van der Waals surface area (Å²) in [6.07, 6.45) is 1.66. The van der Waals surface area contributed by atoms with Crippen LogP contribution in [0.2, 0.25) is 10.0 Å². The summed E-state index contributed by atoms with van der Waals surface area (Å²) in [4.78, 5) is 4.18. The summed E-state index contributed by atoms with van der Waals surface area (Å²) in [6.45, 7) is 1.90. The van der Waals surface area contributed by atoms with Crippen LogP contribution in [0, 0.1) is 6.92 Å². The van der Waals surface area contributed by atoms with E-state index in [2.05, 4.69) is 36.8 Å². The second kappa shape index (κ2) is 5.78. The van der Waals surface area contributed by atoms with Gasteiger partial charge in [0.15, 0.2) is 0 Å². The number of ether oxygens (including phenoxy) is 1. The molecule has 0 radical (unpaired) electrons. The molecule has 0 amide bonds. The molecule has 94 valence electrons. The van der Waals surface area contributed by atoms with Crippen LogP contribution < -0.4 is 4.74 Å². The van der Waals surface area contributed by atoms with Crippen LogP contribution in [-0.2, 0) is 0 Å². The molecule has 0 saturated carbocycles. The maximum absolute atomic E-state index is 6.08. The van der Waals surface area contributed by atoms with Crippen LogP contribution in [-0.4, -0.2) is 4.98 Å². The van der Waals surface area contributed by atoms with E-state index in [1.54, 1.807) is 18.3 Å². The molecule has 6 heteroatoms. The first kappa shape index (κ1) is 14.1. The van der Waals surface area contributed by atoms with Gasteiger partial charge >= 0.3 is 0 Å². The Hall–Kier alpha value is -0.290. The van der Waals surface area contributed by atoms with Gasteiger partial charge in [-0.3, -0.25) is 0 Å². The molecule has 0 fully saturated rings. The third-order valence-electron chi connectivity index (χ3n) is 2.18. The lowest BCUT2D eigenvalue weighted by Crippen LogP contribution is -1.92. The first-order valence-corrected chi connectivity index (χ1v) is 7.26. The van der Waals surface area contributed by atoms with Crippen LogP contribution in [0.1, 0.15) is 5.56 Å². The molecule has 0 spiro atoms. The zero-order valence-electron chi connectivity index (χ0n) is 9.18. The molecule has 1 aromatic heterocycles. The molecule has 0 aliphatic carbocycles. The summed E-state index contributed by atoms with van der Waals surface area (Å²) in [5, 5.41) is 1.000. The minimum atomic E-state index is 0.468. The average molecular weight is 412 g/mol. The molecule has 2 rings (SSSR count). The number of hydrogen-bond acceptors (Lipinski definition) is 2. The Balaban J connectivity index is 2.37. The third kappa shape index (κ3) is 3.18. The Morgan fingerprint density at radius 3 is 2.50 bits per heavy atom. The van der Waals surface area contributed by atoms with Gasteiger partial charge in [-0.1, -0.05) is 23.2 Å². The molecular weight excluding hydrogens is 405 g/mol. The van der Waals surface area contributed by atoms with Crippen LogP contribution in [0.5, 0.6) is 11.6 Å². The molecule has 2 nitrogen and oxygen atoms in total. The van der Waals surface area contributed by atoms with Crippen molar-refractivity contribution in [2.24, 2.45) is 0 Å². The van der Waals surface area contributed by atoms with Gasteiger partial charge in [0.25, 0.3) is 0 Å². The standard InChI is InChI=1S/C12H7Br2Cl2NO/c1-6-2-7(13)5-17-12(6)18-11-4-9(15)8(14)3-10(11)16/h2-5H,1H3. The van der Waals surface area contributed by atoms with Crippen molar-refractivity contribution in [3.8, 4) is 11.6 Å². The Bertz CT molecular complexity index is 605. The Labute approximate surface area is 132 Å². The Kier molecular flexibility index (Phi) is 4.54. The SMILES string of the molecule is Cc1cc(Br)cnc1Oc1cc(Cl)c(Br)cc1Cl.